The molecule has 1 heterocycles. The molecule has 0 aromatic rings. The van der Waals surface area contributed by atoms with Crippen molar-refractivity contribution in [1.29, 1.82) is 0 Å². The van der Waals surface area contributed by atoms with E-state index in [-0.39, 0.29) is 24.0 Å². The standard InChI is InChI=1S/C24H50N2.HI/c1-5-7-9-13-17-25(3,18-14-10-8-6-2)19-20-26(4)21-23-15-11-12-16-24(23)22-26;/h23-24H,5-22H2,1-4H3;1H/q+2;/p-1. The first-order chi connectivity index (χ1) is 12.5. The van der Waals surface area contributed by atoms with Crippen molar-refractivity contribution in [2.45, 2.75) is 90.9 Å². The Morgan fingerprint density at radius 1 is 0.741 bits per heavy atom. The van der Waals surface area contributed by atoms with E-state index in [4.69, 9.17) is 0 Å². The van der Waals surface area contributed by atoms with Gasteiger partial charge in [0.25, 0.3) is 0 Å². The van der Waals surface area contributed by atoms with Crippen LogP contribution in [0, 0.1) is 11.8 Å². The molecule has 0 aromatic heterocycles. The van der Waals surface area contributed by atoms with Crippen LogP contribution in [0.15, 0.2) is 0 Å². The Kier molecular flexibility index (Phi) is 12.4. The van der Waals surface area contributed by atoms with Crippen LogP contribution < -0.4 is 24.0 Å². The van der Waals surface area contributed by atoms with E-state index in [0.717, 1.165) is 11.8 Å². The molecule has 0 N–H and O–H groups in total. The maximum atomic E-state index is 2.58. The average Bonchev–Trinajstić information content (AvgIpc) is 2.98. The minimum absolute atomic E-state index is 0. The first kappa shape index (κ1) is 25.7. The number of nitrogens with zero attached hydrogens (tertiary/aromatic N) is 2. The van der Waals surface area contributed by atoms with E-state index >= 15 is 0 Å². The smallest absolute Gasteiger partial charge is 0.128 e. The molecule has 2 aliphatic rings. The third-order valence-electron chi connectivity index (χ3n) is 7.70. The average molecular weight is 494 g/mol. The van der Waals surface area contributed by atoms with Gasteiger partial charge in [-0.15, -0.1) is 0 Å². The lowest BCUT2D eigenvalue weighted by molar-refractivity contribution is -0.960. The predicted octanol–water partition coefficient (Wildman–Crippen LogP) is 2.86. The number of quaternary nitrogens is 2. The zero-order chi connectivity index (χ0) is 18.9. The van der Waals surface area contributed by atoms with Crippen molar-refractivity contribution in [3.63, 3.8) is 0 Å². The summed E-state index contributed by atoms with van der Waals surface area (Å²) in [6.07, 6.45) is 17.4. The van der Waals surface area contributed by atoms with E-state index in [1.54, 1.807) is 0 Å². The van der Waals surface area contributed by atoms with Crippen LogP contribution in [0.2, 0.25) is 0 Å². The first-order valence-corrected chi connectivity index (χ1v) is 12.2. The number of rotatable bonds is 13. The van der Waals surface area contributed by atoms with Crippen LogP contribution in [-0.4, -0.2) is 62.3 Å². The van der Waals surface area contributed by atoms with Crippen LogP contribution >= 0.6 is 0 Å². The summed E-state index contributed by atoms with van der Waals surface area (Å²) < 4.78 is 2.73. The summed E-state index contributed by atoms with van der Waals surface area (Å²) in [6, 6.07) is 0. The minimum Gasteiger partial charge on any atom is -1.00 e. The molecule has 0 amide bonds. The Bertz CT molecular complexity index is 359. The van der Waals surface area contributed by atoms with Gasteiger partial charge in [0.1, 0.15) is 13.1 Å². The van der Waals surface area contributed by atoms with Crippen molar-refractivity contribution >= 4 is 0 Å². The van der Waals surface area contributed by atoms with Gasteiger partial charge in [-0.1, -0.05) is 52.4 Å². The van der Waals surface area contributed by atoms with Crippen molar-refractivity contribution in [2.24, 2.45) is 11.8 Å². The van der Waals surface area contributed by atoms with Crippen LogP contribution in [0.1, 0.15) is 90.9 Å². The Labute approximate surface area is 188 Å². The summed E-state index contributed by atoms with van der Waals surface area (Å²) >= 11 is 0. The van der Waals surface area contributed by atoms with Crippen LogP contribution in [-0.2, 0) is 0 Å². The van der Waals surface area contributed by atoms with Gasteiger partial charge in [-0.3, -0.25) is 0 Å². The summed E-state index contributed by atoms with van der Waals surface area (Å²) in [6.45, 7) is 13.3. The van der Waals surface area contributed by atoms with Crippen molar-refractivity contribution in [3.05, 3.63) is 0 Å². The third kappa shape index (κ3) is 8.90. The Morgan fingerprint density at radius 2 is 1.22 bits per heavy atom. The summed E-state index contributed by atoms with van der Waals surface area (Å²) in [7, 11) is 5.16. The second-order valence-corrected chi connectivity index (χ2v) is 10.4. The van der Waals surface area contributed by atoms with Crippen molar-refractivity contribution in [3.8, 4) is 0 Å². The second-order valence-electron chi connectivity index (χ2n) is 10.4. The SMILES string of the molecule is CCCCCC[N+](C)(CCCCCC)CC[N+]1(C)CC2CCCCC2C1.[I-]. The van der Waals surface area contributed by atoms with Gasteiger partial charge in [-0.05, 0) is 38.5 Å². The third-order valence-corrected chi connectivity index (χ3v) is 7.70. The van der Waals surface area contributed by atoms with Gasteiger partial charge >= 0.3 is 0 Å². The molecule has 2 nitrogen and oxygen atoms in total. The topological polar surface area (TPSA) is 0 Å². The number of hydrogen-bond acceptors (Lipinski definition) is 0. The van der Waals surface area contributed by atoms with Gasteiger partial charge in [0.05, 0.1) is 40.3 Å². The largest absolute Gasteiger partial charge is 1.00 e. The number of hydrogen-bond donors (Lipinski definition) is 0. The first-order valence-electron chi connectivity index (χ1n) is 12.2. The number of likely N-dealkylation sites (N-methyl/N-ethyl adjacent to an activating group) is 2. The lowest BCUT2D eigenvalue weighted by Gasteiger charge is -2.39. The lowest BCUT2D eigenvalue weighted by Crippen LogP contribution is -3.00. The molecule has 2 fully saturated rings. The van der Waals surface area contributed by atoms with E-state index < -0.39 is 0 Å². The molecule has 2 unspecified atom stereocenters. The Balaban J connectivity index is 0.00000364. The van der Waals surface area contributed by atoms with Crippen LogP contribution in [0.5, 0.6) is 0 Å². The van der Waals surface area contributed by atoms with Crippen molar-refractivity contribution in [1.82, 2.24) is 0 Å². The lowest BCUT2D eigenvalue weighted by atomic mass is 9.82. The zero-order valence-electron chi connectivity index (χ0n) is 19.2. The molecule has 0 aromatic carbocycles. The Hall–Kier alpha value is 0.650. The number of likely N-dealkylation sites (tertiary alicyclic amines) is 1. The van der Waals surface area contributed by atoms with Gasteiger partial charge in [-0.2, -0.15) is 0 Å². The highest BCUT2D eigenvalue weighted by Gasteiger charge is 2.44. The Morgan fingerprint density at radius 3 is 1.67 bits per heavy atom. The molecule has 2 rings (SSSR count). The van der Waals surface area contributed by atoms with E-state index in [1.165, 1.54) is 125 Å². The quantitative estimate of drug-likeness (QED) is 0.210. The molecule has 1 aliphatic heterocycles. The van der Waals surface area contributed by atoms with Gasteiger partial charge in [0.15, 0.2) is 0 Å². The van der Waals surface area contributed by atoms with Crippen LogP contribution in [0.4, 0.5) is 0 Å². The molecule has 1 saturated carbocycles. The maximum Gasteiger partial charge on any atom is 0.128 e. The summed E-state index contributed by atoms with van der Waals surface area (Å²) in [5.74, 6) is 2.11. The molecule has 162 valence electrons. The molecule has 0 bridgehead atoms. The van der Waals surface area contributed by atoms with Gasteiger partial charge < -0.3 is 32.9 Å². The van der Waals surface area contributed by atoms with Gasteiger partial charge in [-0.25, -0.2) is 0 Å². The summed E-state index contributed by atoms with van der Waals surface area (Å²) in [4.78, 5) is 0. The van der Waals surface area contributed by atoms with Gasteiger partial charge in [0.2, 0.25) is 0 Å². The van der Waals surface area contributed by atoms with Crippen LogP contribution in [0.3, 0.4) is 0 Å². The fraction of sp³-hybridized carbons (Fsp3) is 1.00. The molecule has 0 radical (unpaired) electrons. The highest BCUT2D eigenvalue weighted by atomic mass is 127. The minimum atomic E-state index is 0. The molecular weight excluding hydrogens is 443 g/mol. The molecule has 0 spiro atoms. The molecule has 27 heavy (non-hydrogen) atoms. The fourth-order valence-corrected chi connectivity index (χ4v) is 5.81. The molecular formula is C24H50IN2+. The number of fused-ring (bicyclic) bond motifs is 1. The van der Waals surface area contributed by atoms with Gasteiger partial charge in [0, 0.05) is 11.8 Å². The number of unbranched alkanes of at least 4 members (excludes halogenated alkanes) is 6. The zero-order valence-corrected chi connectivity index (χ0v) is 21.3. The van der Waals surface area contributed by atoms with E-state index in [1.807, 2.05) is 0 Å². The normalized spacial score (nSPS) is 28.0. The molecule has 1 saturated heterocycles. The van der Waals surface area contributed by atoms with E-state index in [9.17, 15) is 0 Å². The predicted molar refractivity (Wildman–Crippen MR) is 115 cm³/mol. The molecule has 3 heteroatoms. The summed E-state index contributed by atoms with van der Waals surface area (Å²) in [5.41, 5.74) is 0. The van der Waals surface area contributed by atoms with E-state index in [0.29, 0.717) is 0 Å². The molecule has 2 atom stereocenters. The van der Waals surface area contributed by atoms with Crippen LogP contribution in [0.25, 0.3) is 0 Å². The maximum absolute atomic E-state index is 2.58. The highest BCUT2D eigenvalue weighted by molar-refractivity contribution is 4.80. The van der Waals surface area contributed by atoms with E-state index in [2.05, 4.69) is 27.9 Å². The molecule has 1 aliphatic carbocycles. The van der Waals surface area contributed by atoms with Crippen molar-refractivity contribution < 1.29 is 32.9 Å². The number of halogens is 1. The monoisotopic (exact) mass is 493 g/mol. The summed E-state index contributed by atoms with van der Waals surface area (Å²) in [5, 5.41) is 0. The fourth-order valence-electron chi connectivity index (χ4n) is 5.81. The highest BCUT2D eigenvalue weighted by Crippen LogP contribution is 2.38. The van der Waals surface area contributed by atoms with Crippen molar-refractivity contribution in [2.75, 3.05) is 53.4 Å². The second kappa shape index (κ2) is 13.1.